The molecule has 3 N–H and O–H groups in total. The van der Waals surface area contributed by atoms with Gasteiger partial charge in [-0.15, -0.1) is 0 Å². The predicted molar refractivity (Wildman–Crippen MR) is 66.7 cm³/mol. The monoisotopic (exact) mass is 252 g/mol. The van der Waals surface area contributed by atoms with Crippen molar-refractivity contribution in [2.45, 2.75) is 0 Å². The number of amides is 1. The zero-order valence-corrected chi connectivity index (χ0v) is 10.1. The topological polar surface area (TPSA) is 92.9 Å². The Morgan fingerprint density at radius 2 is 1.94 bits per heavy atom. The second kappa shape index (κ2) is 6.73. The number of hydrogen-bond acceptors (Lipinski definition) is 4. The molecule has 98 valence electrons. The average molecular weight is 252 g/mol. The fourth-order valence-corrected chi connectivity index (χ4v) is 1.31. The highest BCUT2D eigenvalue weighted by Gasteiger charge is 2.11. The minimum absolute atomic E-state index is 0.0472. The number of anilines is 1. The molecule has 1 amide bonds. The zero-order chi connectivity index (χ0) is 13.5. The van der Waals surface area contributed by atoms with Crippen LogP contribution < -0.4 is 10.6 Å². The van der Waals surface area contributed by atoms with Gasteiger partial charge in [0.25, 0.3) is 5.91 Å². The van der Waals surface area contributed by atoms with E-state index in [2.05, 4.69) is 0 Å². The Hall–Kier alpha value is -1.92. The van der Waals surface area contributed by atoms with Crippen LogP contribution in [0.15, 0.2) is 24.3 Å². The first kappa shape index (κ1) is 14.1. The van der Waals surface area contributed by atoms with Gasteiger partial charge in [-0.2, -0.15) is 0 Å². The molecule has 0 spiro atoms. The molecule has 6 heteroatoms. The molecule has 0 aromatic heterocycles. The molecule has 0 fully saturated rings. The number of carbonyl (C=O) groups is 2. The average Bonchev–Trinajstić information content (AvgIpc) is 2.38. The van der Waals surface area contributed by atoms with Gasteiger partial charge < -0.3 is 20.5 Å². The Labute approximate surface area is 105 Å². The van der Waals surface area contributed by atoms with Crippen LogP contribution in [0.1, 0.15) is 10.4 Å². The van der Waals surface area contributed by atoms with Crippen molar-refractivity contribution >= 4 is 17.6 Å². The fourth-order valence-electron chi connectivity index (χ4n) is 1.31. The van der Waals surface area contributed by atoms with E-state index < -0.39 is 5.97 Å². The molecule has 18 heavy (non-hydrogen) atoms. The maximum atomic E-state index is 11.7. The number of carbonyl (C=O) groups excluding carboxylic acids is 1. The molecule has 1 rings (SSSR count). The Morgan fingerprint density at radius 1 is 1.33 bits per heavy atom. The van der Waals surface area contributed by atoms with Crippen molar-refractivity contribution < 1.29 is 19.4 Å². The fraction of sp³-hybridized carbons (Fsp3) is 0.333. The van der Waals surface area contributed by atoms with Crippen LogP contribution in [0, 0.1) is 0 Å². The number of aromatic carboxylic acids is 1. The molecular formula is C12H16N2O4. The van der Waals surface area contributed by atoms with Crippen molar-refractivity contribution in [2.24, 2.45) is 5.73 Å². The third-order valence-electron chi connectivity index (χ3n) is 2.36. The second-order valence-corrected chi connectivity index (χ2v) is 3.65. The summed E-state index contributed by atoms with van der Waals surface area (Å²) in [6.07, 6.45) is 0. The number of benzene rings is 1. The van der Waals surface area contributed by atoms with E-state index in [1.807, 2.05) is 0 Å². The maximum Gasteiger partial charge on any atom is 0.335 e. The van der Waals surface area contributed by atoms with Gasteiger partial charge >= 0.3 is 5.97 Å². The highest BCUT2D eigenvalue weighted by Crippen LogP contribution is 2.14. The first-order chi connectivity index (χ1) is 8.56. The van der Waals surface area contributed by atoms with Gasteiger partial charge in [-0.25, -0.2) is 4.79 Å². The number of rotatable bonds is 6. The van der Waals surface area contributed by atoms with Crippen LogP contribution in [0.25, 0.3) is 0 Å². The smallest absolute Gasteiger partial charge is 0.335 e. The van der Waals surface area contributed by atoms with E-state index in [-0.39, 0.29) is 18.1 Å². The summed E-state index contributed by atoms with van der Waals surface area (Å²) >= 11 is 0. The van der Waals surface area contributed by atoms with Gasteiger partial charge in [0.05, 0.1) is 12.2 Å². The van der Waals surface area contributed by atoms with Crippen molar-refractivity contribution in [1.82, 2.24) is 0 Å². The molecule has 0 unspecified atom stereocenters. The number of hydrogen-bond donors (Lipinski definition) is 2. The highest BCUT2D eigenvalue weighted by atomic mass is 16.5. The van der Waals surface area contributed by atoms with E-state index in [1.165, 1.54) is 17.0 Å². The molecule has 0 aliphatic heterocycles. The summed E-state index contributed by atoms with van der Waals surface area (Å²) < 4.78 is 5.04. The number of ether oxygens (including phenoxy) is 1. The lowest BCUT2D eigenvalue weighted by Gasteiger charge is -2.17. The van der Waals surface area contributed by atoms with Crippen molar-refractivity contribution in [3.63, 3.8) is 0 Å². The van der Waals surface area contributed by atoms with E-state index in [0.717, 1.165) is 0 Å². The second-order valence-electron chi connectivity index (χ2n) is 3.65. The van der Waals surface area contributed by atoms with Crippen LogP contribution in [-0.4, -0.2) is 43.8 Å². The first-order valence-corrected chi connectivity index (χ1v) is 5.44. The third-order valence-corrected chi connectivity index (χ3v) is 2.36. The first-order valence-electron chi connectivity index (χ1n) is 5.44. The minimum Gasteiger partial charge on any atom is -0.478 e. The standard InChI is InChI=1S/C12H16N2O4/c1-14(11(15)8-18-7-6-13)10-4-2-9(3-5-10)12(16)17/h2-5H,6-8,13H2,1H3,(H,16,17). The van der Waals surface area contributed by atoms with E-state index in [4.69, 9.17) is 15.6 Å². The summed E-state index contributed by atoms with van der Waals surface area (Å²) in [6, 6.07) is 6.04. The van der Waals surface area contributed by atoms with E-state index in [9.17, 15) is 9.59 Å². The van der Waals surface area contributed by atoms with Gasteiger partial charge in [-0.05, 0) is 24.3 Å². The Kier molecular flexibility index (Phi) is 5.29. The summed E-state index contributed by atoms with van der Waals surface area (Å²) in [5.74, 6) is -1.21. The van der Waals surface area contributed by atoms with E-state index >= 15 is 0 Å². The number of carboxylic acids is 1. The molecule has 0 aliphatic carbocycles. The van der Waals surface area contributed by atoms with E-state index in [0.29, 0.717) is 18.8 Å². The molecular weight excluding hydrogens is 236 g/mol. The largest absolute Gasteiger partial charge is 0.478 e. The zero-order valence-electron chi connectivity index (χ0n) is 10.1. The molecule has 0 heterocycles. The normalized spacial score (nSPS) is 10.1. The van der Waals surface area contributed by atoms with Crippen LogP contribution in [0.2, 0.25) is 0 Å². The summed E-state index contributed by atoms with van der Waals surface area (Å²) in [7, 11) is 1.60. The maximum absolute atomic E-state index is 11.7. The molecule has 0 saturated heterocycles. The summed E-state index contributed by atoms with van der Waals surface area (Å²) in [6.45, 7) is 0.649. The summed E-state index contributed by atoms with van der Waals surface area (Å²) in [4.78, 5) is 23.8. The van der Waals surface area contributed by atoms with Gasteiger partial charge in [0.1, 0.15) is 6.61 Å². The van der Waals surface area contributed by atoms with Crippen LogP contribution in [0.5, 0.6) is 0 Å². The quantitative estimate of drug-likeness (QED) is 0.711. The molecule has 0 radical (unpaired) electrons. The summed E-state index contributed by atoms with van der Waals surface area (Å²) in [5, 5.41) is 8.75. The number of carboxylic acid groups (broad SMARTS) is 1. The number of nitrogens with zero attached hydrogens (tertiary/aromatic N) is 1. The third kappa shape index (κ3) is 3.83. The summed E-state index contributed by atoms with van der Waals surface area (Å²) in [5.41, 5.74) is 6.03. The Bertz CT molecular complexity index is 417. The number of nitrogens with two attached hydrogens (primary N) is 1. The van der Waals surface area contributed by atoms with Gasteiger partial charge in [0, 0.05) is 19.3 Å². The SMILES string of the molecule is CN(C(=O)COCCN)c1ccc(C(=O)O)cc1. The van der Waals surface area contributed by atoms with Crippen molar-refractivity contribution in [3.05, 3.63) is 29.8 Å². The van der Waals surface area contributed by atoms with Gasteiger partial charge in [0.2, 0.25) is 0 Å². The highest BCUT2D eigenvalue weighted by molar-refractivity contribution is 5.94. The van der Waals surface area contributed by atoms with Crippen LogP contribution in [0.3, 0.4) is 0 Å². The van der Waals surface area contributed by atoms with E-state index in [1.54, 1.807) is 19.2 Å². The molecule has 6 nitrogen and oxygen atoms in total. The van der Waals surface area contributed by atoms with Gasteiger partial charge in [-0.1, -0.05) is 0 Å². The van der Waals surface area contributed by atoms with Crippen molar-refractivity contribution in [2.75, 3.05) is 31.7 Å². The molecule has 0 saturated carbocycles. The molecule has 0 bridgehead atoms. The van der Waals surface area contributed by atoms with Gasteiger partial charge in [0.15, 0.2) is 0 Å². The lowest BCUT2D eigenvalue weighted by Crippen LogP contribution is -2.30. The molecule has 0 aliphatic rings. The van der Waals surface area contributed by atoms with Crippen LogP contribution in [-0.2, 0) is 9.53 Å². The molecule has 1 aromatic carbocycles. The van der Waals surface area contributed by atoms with Gasteiger partial charge in [-0.3, -0.25) is 4.79 Å². The Balaban J connectivity index is 2.63. The molecule has 0 atom stereocenters. The predicted octanol–water partition coefficient (Wildman–Crippen LogP) is 0.323. The van der Waals surface area contributed by atoms with Crippen molar-refractivity contribution in [1.29, 1.82) is 0 Å². The van der Waals surface area contributed by atoms with Crippen LogP contribution >= 0.6 is 0 Å². The van der Waals surface area contributed by atoms with Crippen molar-refractivity contribution in [3.8, 4) is 0 Å². The Morgan fingerprint density at radius 3 is 2.44 bits per heavy atom. The lowest BCUT2D eigenvalue weighted by atomic mass is 10.2. The number of likely N-dealkylation sites (N-methyl/N-ethyl adjacent to an activating group) is 1. The lowest BCUT2D eigenvalue weighted by molar-refractivity contribution is -0.122. The van der Waals surface area contributed by atoms with Crippen LogP contribution in [0.4, 0.5) is 5.69 Å². The minimum atomic E-state index is -0.998. The molecule has 1 aromatic rings.